The zero-order valence-electron chi connectivity index (χ0n) is 25.1. The van der Waals surface area contributed by atoms with Crippen LogP contribution >= 0.6 is 0 Å². The average molecular weight is 619 g/mol. The number of amides is 1. The van der Waals surface area contributed by atoms with Crippen LogP contribution in [0, 0.1) is 11.3 Å². The van der Waals surface area contributed by atoms with E-state index in [1.54, 1.807) is 12.1 Å². The van der Waals surface area contributed by atoms with Crippen LogP contribution in [0.3, 0.4) is 0 Å². The van der Waals surface area contributed by atoms with Crippen molar-refractivity contribution in [1.29, 1.82) is 0 Å². The molecule has 2 aromatic carbocycles. The average Bonchev–Trinajstić information content (AvgIpc) is 3.61. The molecule has 5 atom stereocenters. The molecule has 0 aliphatic carbocycles. The summed E-state index contributed by atoms with van der Waals surface area (Å²) in [5.41, 5.74) is 6.07. The first kappa shape index (κ1) is 33.2. The molecule has 0 unspecified atom stereocenters. The molecule has 12 heteroatoms. The summed E-state index contributed by atoms with van der Waals surface area (Å²) in [7, 11) is -2.61. The van der Waals surface area contributed by atoms with E-state index in [2.05, 4.69) is 0 Å². The Labute approximate surface area is 254 Å². The number of rotatable bonds is 15. The van der Waals surface area contributed by atoms with Crippen LogP contribution in [-0.2, 0) is 25.9 Å². The summed E-state index contributed by atoms with van der Waals surface area (Å²) >= 11 is 0. The molecule has 1 amide bonds. The van der Waals surface area contributed by atoms with Crippen molar-refractivity contribution in [1.82, 2.24) is 9.21 Å². The Morgan fingerprint density at radius 3 is 2.49 bits per heavy atom. The number of carboxylic acid groups (broad SMARTS) is 1. The van der Waals surface area contributed by atoms with Gasteiger partial charge in [0.1, 0.15) is 11.8 Å². The van der Waals surface area contributed by atoms with Crippen LogP contribution in [0.25, 0.3) is 0 Å². The summed E-state index contributed by atoms with van der Waals surface area (Å²) in [5, 5.41) is 24.6. The first-order valence-electron chi connectivity index (χ1n) is 14.8. The Bertz CT molecular complexity index is 1290. The van der Waals surface area contributed by atoms with E-state index >= 15 is 0 Å². The SMILES string of the molecule is COc1ccc(S(=O)(=O)N(C[C@@H](O)[C@H](Cc2ccccc2)N(C(=O)[O-])[C@H]2CO[C@H]3OCC[C@H]32)CC(C)(C)CCCN)cc1. The molecule has 43 heavy (non-hydrogen) atoms. The van der Waals surface area contributed by atoms with Crippen molar-refractivity contribution >= 4 is 16.1 Å². The highest BCUT2D eigenvalue weighted by atomic mass is 32.2. The third-order valence-corrected chi connectivity index (χ3v) is 10.2. The van der Waals surface area contributed by atoms with Crippen molar-refractivity contribution in [3.63, 3.8) is 0 Å². The van der Waals surface area contributed by atoms with Crippen LogP contribution in [0.1, 0.15) is 38.7 Å². The van der Waals surface area contributed by atoms with Gasteiger partial charge in [-0.3, -0.25) is 0 Å². The number of hydrogen-bond acceptors (Lipinski definition) is 9. The van der Waals surface area contributed by atoms with E-state index in [-0.39, 0.29) is 36.9 Å². The summed E-state index contributed by atoms with van der Waals surface area (Å²) < 4.78 is 46.0. The molecule has 0 aromatic heterocycles. The number of aliphatic hydroxyl groups is 1. The van der Waals surface area contributed by atoms with E-state index in [1.807, 2.05) is 44.2 Å². The van der Waals surface area contributed by atoms with Crippen molar-refractivity contribution in [3.8, 4) is 5.75 Å². The molecule has 2 fully saturated rings. The standard InChI is InChI=1S/C31H45N3O8S/c1-31(2,15-7-16-32)21-33(43(38,39)24-12-10-23(40-3)11-13-24)19-28(35)26(18-22-8-5-4-6-9-22)34(30(36)37)27-20-42-29-25(27)14-17-41-29/h4-6,8-13,25-29,35H,7,14-21,32H2,1-3H3,(H,36,37)/p-1/t25-,26-,27-,28+,29+/m0/s1. The molecule has 0 radical (unpaired) electrons. The van der Waals surface area contributed by atoms with Crippen LogP contribution < -0.4 is 15.6 Å². The zero-order chi connectivity index (χ0) is 31.2. The van der Waals surface area contributed by atoms with Gasteiger partial charge in [0, 0.05) is 19.0 Å². The lowest BCUT2D eigenvalue weighted by Gasteiger charge is -2.43. The Hall–Kier alpha value is -2.74. The molecular formula is C31H44N3O8S-. The molecule has 0 saturated carbocycles. The van der Waals surface area contributed by atoms with Gasteiger partial charge in [0.2, 0.25) is 10.0 Å². The number of methoxy groups -OCH3 is 1. The largest absolute Gasteiger partial charge is 0.530 e. The Kier molecular flexibility index (Phi) is 11.1. The molecule has 11 nitrogen and oxygen atoms in total. The number of nitrogens with zero attached hydrogens (tertiary/aromatic N) is 2. The molecule has 0 bridgehead atoms. The lowest BCUT2D eigenvalue weighted by atomic mass is 9.87. The Balaban J connectivity index is 1.70. The van der Waals surface area contributed by atoms with Gasteiger partial charge in [-0.05, 0) is 67.5 Å². The smallest absolute Gasteiger partial charge is 0.243 e. The van der Waals surface area contributed by atoms with Crippen LogP contribution in [0.15, 0.2) is 59.5 Å². The summed E-state index contributed by atoms with van der Waals surface area (Å²) in [6.07, 6.45) is -1.23. The van der Waals surface area contributed by atoms with Crippen LogP contribution in [0.2, 0.25) is 0 Å². The van der Waals surface area contributed by atoms with E-state index in [0.29, 0.717) is 38.2 Å². The summed E-state index contributed by atoms with van der Waals surface area (Å²) in [4.78, 5) is 14.0. The molecule has 2 aromatic rings. The third-order valence-electron chi connectivity index (χ3n) is 8.42. The molecule has 2 aliphatic heterocycles. The quantitative estimate of drug-likeness (QED) is 0.304. The van der Waals surface area contributed by atoms with Gasteiger partial charge in [0.25, 0.3) is 0 Å². The molecule has 4 rings (SSSR count). The monoisotopic (exact) mass is 618 g/mol. The van der Waals surface area contributed by atoms with Crippen molar-refractivity contribution in [2.75, 3.05) is 40.0 Å². The van der Waals surface area contributed by atoms with E-state index in [0.717, 1.165) is 10.5 Å². The number of fused-ring (bicyclic) bond motifs is 1. The topological polar surface area (TPSA) is 155 Å². The number of nitrogens with two attached hydrogens (primary N) is 1. The fraction of sp³-hybridized carbons (Fsp3) is 0.581. The molecular weight excluding hydrogens is 574 g/mol. The number of ether oxygens (including phenoxy) is 3. The van der Waals surface area contributed by atoms with Gasteiger partial charge in [0.15, 0.2) is 6.29 Å². The van der Waals surface area contributed by atoms with Gasteiger partial charge in [-0.25, -0.2) is 8.42 Å². The van der Waals surface area contributed by atoms with Crippen LogP contribution in [0.5, 0.6) is 5.75 Å². The predicted molar refractivity (Wildman–Crippen MR) is 159 cm³/mol. The number of carbonyl (C=O) groups excluding carboxylic acids is 1. The third kappa shape index (κ3) is 8.05. The molecule has 238 valence electrons. The maximum absolute atomic E-state index is 14.1. The molecule has 2 aliphatic rings. The highest BCUT2D eigenvalue weighted by Crippen LogP contribution is 2.36. The Morgan fingerprint density at radius 2 is 1.86 bits per heavy atom. The normalized spacial score (nSPS) is 21.9. The highest BCUT2D eigenvalue weighted by molar-refractivity contribution is 7.89. The predicted octanol–water partition coefficient (Wildman–Crippen LogP) is 1.83. The maximum atomic E-state index is 14.1. The molecule has 2 saturated heterocycles. The van der Waals surface area contributed by atoms with Gasteiger partial charge >= 0.3 is 0 Å². The minimum atomic E-state index is -4.10. The van der Waals surface area contributed by atoms with Gasteiger partial charge in [0.05, 0.1) is 43.4 Å². The number of hydrogen-bond donors (Lipinski definition) is 2. The van der Waals surface area contributed by atoms with Crippen molar-refractivity contribution in [3.05, 3.63) is 60.2 Å². The lowest BCUT2D eigenvalue weighted by molar-refractivity contribution is -0.273. The van der Waals surface area contributed by atoms with E-state index in [9.17, 15) is 23.4 Å². The summed E-state index contributed by atoms with van der Waals surface area (Å²) in [6.45, 7) is 4.68. The van der Waals surface area contributed by atoms with Gasteiger partial charge in [-0.1, -0.05) is 44.2 Å². The van der Waals surface area contributed by atoms with Gasteiger partial charge in [-0.2, -0.15) is 4.31 Å². The fourth-order valence-electron chi connectivity index (χ4n) is 6.13. The minimum Gasteiger partial charge on any atom is -0.530 e. The molecule has 2 heterocycles. The number of benzene rings is 2. The summed E-state index contributed by atoms with van der Waals surface area (Å²) in [5.74, 6) is 0.298. The summed E-state index contributed by atoms with van der Waals surface area (Å²) in [6, 6.07) is 13.7. The zero-order valence-corrected chi connectivity index (χ0v) is 25.9. The van der Waals surface area contributed by atoms with E-state index in [1.165, 1.54) is 23.5 Å². The number of aliphatic hydroxyl groups excluding tert-OH is 1. The first-order chi connectivity index (χ1) is 20.5. The minimum absolute atomic E-state index is 0.0432. The van der Waals surface area contributed by atoms with Crippen molar-refractivity contribution in [2.45, 2.75) is 68.9 Å². The highest BCUT2D eigenvalue weighted by Gasteiger charge is 2.47. The lowest BCUT2D eigenvalue weighted by Crippen LogP contribution is -2.61. The van der Waals surface area contributed by atoms with Gasteiger partial charge in [-0.15, -0.1) is 0 Å². The number of sulfonamides is 1. The fourth-order valence-corrected chi connectivity index (χ4v) is 7.78. The van der Waals surface area contributed by atoms with E-state index in [4.69, 9.17) is 19.9 Å². The second-order valence-electron chi connectivity index (χ2n) is 12.1. The first-order valence-corrected chi connectivity index (χ1v) is 16.2. The maximum Gasteiger partial charge on any atom is 0.243 e. The van der Waals surface area contributed by atoms with E-state index < -0.39 is 46.0 Å². The second-order valence-corrected chi connectivity index (χ2v) is 14.1. The molecule has 3 N–H and O–H groups in total. The molecule has 0 spiro atoms. The van der Waals surface area contributed by atoms with Crippen molar-refractivity contribution < 1.29 is 37.6 Å². The van der Waals surface area contributed by atoms with Gasteiger partial charge < -0.3 is 39.9 Å². The van der Waals surface area contributed by atoms with Crippen LogP contribution in [-0.4, -0.2) is 93.3 Å². The second kappa shape index (κ2) is 14.4. The van der Waals surface area contributed by atoms with Crippen molar-refractivity contribution in [2.24, 2.45) is 17.1 Å². The Morgan fingerprint density at radius 1 is 1.16 bits per heavy atom. The number of carbonyl (C=O) groups is 1. The van der Waals surface area contributed by atoms with Crippen LogP contribution in [0.4, 0.5) is 4.79 Å².